The molecule has 0 radical (unpaired) electrons. The molecule has 7 heavy (non-hydrogen) atoms. The third-order valence-electron chi connectivity index (χ3n) is 0.262. The van der Waals surface area contributed by atoms with Crippen LogP contribution in [0.1, 0.15) is 0 Å². The topological polar surface area (TPSA) is 60.7 Å². The van der Waals surface area contributed by atoms with Crippen molar-refractivity contribution in [3.63, 3.8) is 0 Å². The van der Waals surface area contributed by atoms with E-state index in [-0.39, 0.29) is 0 Å². The number of alkyl halides is 2. The first-order chi connectivity index (χ1) is 2.94. The molecule has 0 aromatic rings. The fraction of sp³-hybridized carbons (Fsp3) is 1.00. The van der Waals surface area contributed by atoms with Gasteiger partial charge >= 0.3 is 7.94 Å². The summed E-state index contributed by atoms with van der Waals surface area (Å²) in [6, 6.07) is 0. The number of hydrogen-bond donors (Lipinski definition) is 3. The molecule has 0 amide bonds. The first kappa shape index (κ1) is 8.27. The standard InChI is InChI=1S/CH4Br2O3P/c2-1(3)7(4,5)6/h1,4-6H/q+1. The summed E-state index contributed by atoms with van der Waals surface area (Å²) in [5.74, 6) is 0. The Hall–Kier alpha value is 1.27. The minimum atomic E-state index is -3.65. The van der Waals surface area contributed by atoms with Gasteiger partial charge in [0.25, 0.3) is 3.48 Å². The highest BCUT2D eigenvalue weighted by molar-refractivity contribution is 9.26. The van der Waals surface area contributed by atoms with E-state index in [0.29, 0.717) is 0 Å². The van der Waals surface area contributed by atoms with Crippen molar-refractivity contribution in [3.8, 4) is 0 Å². The van der Waals surface area contributed by atoms with Gasteiger partial charge in [-0.15, -0.1) is 0 Å². The average Bonchev–Trinajstić information content (AvgIpc) is 1.31. The third kappa shape index (κ3) is 3.82. The van der Waals surface area contributed by atoms with E-state index in [1.165, 1.54) is 0 Å². The summed E-state index contributed by atoms with van der Waals surface area (Å²) in [4.78, 5) is 24.7. The molecule has 0 bridgehead atoms. The van der Waals surface area contributed by atoms with Gasteiger partial charge in [-0.25, -0.2) is 0 Å². The van der Waals surface area contributed by atoms with Gasteiger partial charge in [0.15, 0.2) is 0 Å². The van der Waals surface area contributed by atoms with Gasteiger partial charge in [0.1, 0.15) is 0 Å². The van der Waals surface area contributed by atoms with Gasteiger partial charge in [0, 0.05) is 0 Å². The number of rotatable bonds is 1. The van der Waals surface area contributed by atoms with Crippen molar-refractivity contribution >= 4 is 39.8 Å². The molecule has 0 aromatic carbocycles. The van der Waals surface area contributed by atoms with Gasteiger partial charge in [-0.1, -0.05) is 0 Å². The normalized spacial score (nSPS) is 12.9. The minimum absolute atomic E-state index is 0.799. The molecule has 0 saturated carbocycles. The smallest absolute Gasteiger partial charge is 0.191 e. The van der Waals surface area contributed by atoms with Crippen LogP contribution in [0.15, 0.2) is 0 Å². The van der Waals surface area contributed by atoms with E-state index in [1.807, 2.05) is 0 Å². The zero-order valence-electron chi connectivity index (χ0n) is 3.12. The van der Waals surface area contributed by atoms with E-state index in [2.05, 4.69) is 31.9 Å². The predicted molar refractivity (Wildman–Crippen MR) is 35.2 cm³/mol. The fourth-order valence-corrected chi connectivity index (χ4v) is 0. The van der Waals surface area contributed by atoms with Crippen LogP contribution in [0.5, 0.6) is 0 Å². The molecule has 0 aromatic heterocycles. The summed E-state index contributed by atoms with van der Waals surface area (Å²) in [5.41, 5.74) is 0. The Labute approximate surface area is 58.2 Å². The molecule has 0 fully saturated rings. The number of hydrogen-bond acceptors (Lipinski definition) is 3. The molecule has 0 unspecified atom stereocenters. The lowest BCUT2D eigenvalue weighted by molar-refractivity contribution is 0.336. The van der Waals surface area contributed by atoms with Crippen LogP contribution in [0.3, 0.4) is 0 Å². The predicted octanol–water partition coefficient (Wildman–Crippen LogP) is 0.799. The van der Waals surface area contributed by atoms with E-state index in [0.717, 1.165) is 0 Å². The monoisotopic (exact) mass is 253 g/mol. The van der Waals surface area contributed by atoms with Crippen molar-refractivity contribution in [2.24, 2.45) is 0 Å². The van der Waals surface area contributed by atoms with Crippen molar-refractivity contribution in [3.05, 3.63) is 0 Å². The molecule has 0 aliphatic rings. The maximum atomic E-state index is 8.22. The van der Waals surface area contributed by atoms with Crippen LogP contribution in [0.2, 0.25) is 0 Å². The van der Waals surface area contributed by atoms with Gasteiger partial charge in [-0.05, 0) is 31.9 Å². The van der Waals surface area contributed by atoms with Gasteiger partial charge in [-0.3, -0.25) is 0 Å². The second-order valence-electron chi connectivity index (χ2n) is 0.892. The molecule has 3 N–H and O–H groups in total. The van der Waals surface area contributed by atoms with Crippen molar-refractivity contribution in [2.75, 3.05) is 0 Å². The summed E-state index contributed by atoms with van der Waals surface area (Å²) in [7, 11) is -3.65. The Morgan fingerprint density at radius 2 is 1.29 bits per heavy atom. The molecule has 0 aliphatic heterocycles. The van der Waals surface area contributed by atoms with E-state index in [1.54, 1.807) is 0 Å². The third-order valence-corrected chi connectivity index (χ3v) is 4.08. The molecule has 44 valence electrons. The first-order valence-corrected chi connectivity index (χ1v) is 4.84. The van der Waals surface area contributed by atoms with Crippen LogP contribution in [0, 0.1) is 0 Å². The highest BCUT2D eigenvalue weighted by Crippen LogP contribution is 2.55. The zero-order valence-corrected chi connectivity index (χ0v) is 7.19. The van der Waals surface area contributed by atoms with Crippen LogP contribution in [0.4, 0.5) is 0 Å². The fourth-order valence-electron chi connectivity index (χ4n) is 0. The SMILES string of the molecule is O[P+](O)(O)C(Br)Br. The van der Waals surface area contributed by atoms with Crippen molar-refractivity contribution < 1.29 is 14.7 Å². The van der Waals surface area contributed by atoms with Crippen molar-refractivity contribution in [2.45, 2.75) is 3.48 Å². The quantitative estimate of drug-likeness (QED) is 0.479. The van der Waals surface area contributed by atoms with E-state index in [4.69, 9.17) is 14.7 Å². The highest BCUT2D eigenvalue weighted by Gasteiger charge is 2.38. The molecular weight excluding hydrogens is 251 g/mol. The highest BCUT2D eigenvalue weighted by atomic mass is 79.9. The number of halogens is 2. The Morgan fingerprint density at radius 3 is 1.29 bits per heavy atom. The molecule has 6 heteroatoms. The maximum absolute atomic E-state index is 8.22. The van der Waals surface area contributed by atoms with E-state index in [9.17, 15) is 0 Å². The molecule has 0 heterocycles. The minimum Gasteiger partial charge on any atom is -0.191 e. The second-order valence-corrected chi connectivity index (χ2v) is 7.11. The van der Waals surface area contributed by atoms with Crippen LogP contribution in [-0.2, 0) is 0 Å². The molecule has 0 atom stereocenters. The van der Waals surface area contributed by atoms with Crippen LogP contribution in [-0.4, -0.2) is 18.2 Å². The average molecular weight is 255 g/mol. The van der Waals surface area contributed by atoms with Crippen LogP contribution in [0.25, 0.3) is 0 Å². The molecule has 3 nitrogen and oxygen atoms in total. The summed E-state index contributed by atoms with van der Waals surface area (Å²) < 4.78 is -0.799. The lowest BCUT2D eigenvalue weighted by atomic mass is 11.9. The summed E-state index contributed by atoms with van der Waals surface area (Å²) >= 11 is 5.42. The molecule has 0 aliphatic carbocycles. The summed E-state index contributed by atoms with van der Waals surface area (Å²) in [6.07, 6.45) is 0. The first-order valence-electron chi connectivity index (χ1n) is 1.29. The lowest BCUT2D eigenvalue weighted by Crippen LogP contribution is -1.94. The summed E-state index contributed by atoms with van der Waals surface area (Å²) in [5, 5.41) is 0. The second kappa shape index (κ2) is 2.71. The van der Waals surface area contributed by atoms with E-state index < -0.39 is 11.4 Å². The van der Waals surface area contributed by atoms with Gasteiger partial charge in [0.2, 0.25) is 0 Å². The van der Waals surface area contributed by atoms with Gasteiger partial charge in [-0.2, -0.15) is 14.7 Å². The Balaban J connectivity index is 3.54. The largest absolute Gasteiger partial charge is 0.429 e. The summed E-state index contributed by atoms with van der Waals surface area (Å²) in [6.45, 7) is 0. The van der Waals surface area contributed by atoms with Gasteiger partial charge < -0.3 is 0 Å². The lowest BCUT2D eigenvalue weighted by Gasteiger charge is -2.01. The van der Waals surface area contributed by atoms with Crippen molar-refractivity contribution in [1.29, 1.82) is 0 Å². The molecular formula is CH4Br2O3P+. The van der Waals surface area contributed by atoms with E-state index >= 15 is 0 Å². The van der Waals surface area contributed by atoms with Crippen LogP contribution < -0.4 is 0 Å². The Bertz CT molecular complexity index is 58.4. The molecule has 0 rings (SSSR count). The van der Waals surface area contributed by atoms with Crippen LogP contribution >= 0.6 is 39.8 Å². The Kier molecular flexibility index (Phi) is 3.20. The van der Waals surface area contributed by atoms with Gasteiger partial charge in [0.05, 0.1) is 0 Å². The Morgan fingerprint density at radius 1 is 1.14 bits per heavy atom. The molecule has 0 saturated heterocycles. The molecule has 0 spiro atoms. The maximum Gasteiger partial charge on any atom is 0.429 e. The van der Waals surface area contributed by atoms with Crippen molar-refractivity contribution in [1.82, 2.24) is 0 Å². The zero-order chi connectivity index (χ0) is 6.08.